The van der Waals surface area contributed by atoms with Crippen molar-refractivity contribution in [3.8, 4) is 0 Å². The number of carboxylic acid groups (broad SMARTS) is 1. The van der Waals surface area contributed by atoms with E-state index >= 15 is 0 Å². The van der Waals surface area contributed by atoms with Crippen LogP contribution in [-0.4, -0.2) is 65.5 Å². The normalized spacial score (nSPS) is 13.6. The number of carbonyl (C=O) groups is 4. The maximum Gasteiger partial charge on any atom is 0.326 e. The minimum Gasteiger partial charge on any atom is -0.480 e. The Hall–Kier alpha value is -2.59. The Kier molecular flexibility index (Phi) is 10.8. The Morgan fingerprint density at radius 1 is 1.03 bits per heavy atom. The molecule has 0 bridgehead atoms. The van der Waals surface area contributed by atoms with Gasteiger partial charge < -0.3 is 26.8 Å². The van der Waals surface area contributed by atoms with Crippen LogP contribution in [0.15, 0.2) is 30.3 Å². The fourth-order valence-corrected chi connectivity index (χ4v) is 2.95. The van der Waals surface area contributed by atoms with E-state index in [0.29, 0.717) is 5.75 Å². The third kappa shape index (κ3) is 8.97. The lowest BCUT2D eigenvalue weighted by atomic mass is 10.0. The second-order valence-electron chi connectivity index (χ2n) is 6.43. The van der Waals surface area contributed by atoms with Gasteiger partial charge in [0, 0.05) is 6.42 Å². The van der Waals surface area contributed by atoms with E-state index in [1.54, 1.807) is 0 Å². The zero-order valence-electron chi connectivity index (χ0n) is 16.5. The molecule has 0 heterocycles. The number of hydrogen-bond donors (Lipinski definition) is 5. The second-order valence-corrected chi connectivity index (χ2v) is 7.41. The van der Waals surface area contributed by atoms with Crippen molar-refractivity contribution in [3.63, 3.8) is 0 Å². The summed E-state index contributed by atoms with van der Waals surface area (Å²) in [7, 11) is 0. The largest absolute Gasteiger partial charge is 0.480 e. The van der Waals surface area contributed by atoms with Crippen LogP contribution < -0.4 is 21.7 Å². The molecule has 0 spiro atoms. The summed E-state index contributed by atoms with van der Waals surface area (Å²) in [6.07, 6.45) is 2.33. The first-order valence-corrected chi connectivity index (χ1v) is 10.5. The molecule has 0 saturated carbocycles. The number of nitrogens with one attached hydrogen (secondary N) is 3. The zero-order valence-corrected chi connectivity index (χ0v) is 17.3. The third-order valence-corrected chi connectivity index (χ3v) is 4.74. The fourth-order valence-electron chi connectivity index (χ4n) is 2.48. The van der Waals surface area contributed by atoms with Gasteiger partial charge in [0.1, 0.15) is 18.1 Å². The number of benzene rings is 1. The quantitative estimate of drug-likeness (QED) is 0.303. The lowest BCUT2D eigenvalue weighted by molar-refractivity contribution is -0.142. The fraction of sp³-hybridized carbons (Fsp3) is 0.474. The average molecular weight is 425 g/mol. The van der Waals surface area contributed by atoms with Crippen LogP contribution in [0.2, 0.25) is 0 Å². The summed E-state index contributed by atoms with van der Waals surface area (Å²) in [6, 6.07) is 6.15. The molecule has 0 radical (unpaired) electrons. The summed E-state index contributed by atoms with van der Waals surface area (Å²) in [6.45, 7) is 1.18. The molecular weight excluding hydrogens is 396 g/mol. The van der Waals surface area contributed by atoms with Crippen molar-refractivity contribution in [1.29, 1.82) is 0 Å². The van der Waals surface area contributed by atoms with E-state index in [9.17, 15) is 24.3 Å². The Balaban J connectivity index is 2.76. The summed E-state index contributed by atoms with van der Waals surface area (Å²) in [5.41, 5.74) is 6.15. The number of thioether (sulfide) groups is 1. The molecule has 0 aliphatic rings. The standard InChI is InChI=1S/C19H28N4O5S/c1-12(17(25)23-14(19(27)28)8-9-29-2)21-18(26)15(22-16(24)11-20)10-13-6-4-3-5-7-13/h3-7,12,14-15H,8-11,20H2,1-2H3,(H,21,26)(H,22,24)(H,23,25)(H,27,28). The summed E-state index contributed by atoms with van der Waals surface area (Å²) in [5, 5.41) is 16.7. The van der Waals surface area contributed by atoms with Crippen molar-refractivity contribution in [2.75, 3.05) is 18.6 Å². The number of hydrogen-bond acceptors (Lipinski definition) is 6. The second kappa shape index (κ2) is 12.8. The topological polar surface area (TPSA) is 151 Å². The lowest BCUT2D eigenvalue weighted by Crippen LogP contribution is -2.55. The van der Waals surface area contributed by atoms with Crippen LogP contribution in [0.25, 0.3) is 0 Å². The van der Waals surface area contributed by atoms with Crippen molar-refractivity contribution < 1.29 is 24.3 Å². The zero-order chi connectivity index (χ0) is 21.8. The van der Waals surface area contributed by atoms with Gasteiger partial charge in [-0.15, -0.1) is 0 Å². The van der Waals surface area contributed by atoms with Gasteiger partial charge in [0.15, 0.2) is 0 Å². The smallest absolute Gasteiger partial charge is 0.326 e. The molecule has 6 N–H and O–H groups in total. The number of amides is 3. The van der Waals surface area contributed by atoms with Crippen molar-refractivity contribution in [2.24, 2.45) is 5.73 Å². The summed E-state index contributed by atoms with van der Waals surface area (Å²) in [4.78, 5) is 47.9. The molecule has 160 valence electrons. The maximum atomic E-state index is 12.6. The Bertz CT molecular complexity index is 701. The van der Waals surface area contributed by atoms with Crippen molar-refractivity contribution in [3.05, 3.63) is 35.9 Å². The molecular formula is C19H28N4O5S. The van der Waals surface area contributed by atoms with E-state index in [1.807, 2.05) is 36.6 Å². The highest BCUT2D eigenvalue weighted by Crippen LogP contribution is 2.05. The van der Waals surface area contributed by atoms with Crippen LogP contribution >= 0.6 is 11.8 Å². The van der Waals surface area contributed by atoms with Gasteiger partial charge in [-0.05, 0) is 30.9 Å². The molecule has 1 rings (SSSR count). The van der Waals surface area contributed by atoms with Gasteiger partial charge in [-0.1, -0.05) is 30.3 Å². The van der Waals surface area contributed by atoms with Crippen LogP contribution in [0.1, 0.15) is 18.9 Å². The summed E-state index contributed by atoms with van der Waals surface area (Å²) < 4.78 is 0. The molecule has 3 amide bonds. The molecule has 10 heteroatoms. The van der Waals surface area contributed by atoms with Gasteiger partial charge in [-0.3, -0.25) is 14.4 Å². The molecule has 0 aliphatic carbocycles. The molecule has 3 atom stereocenters. The Labute approximate surface area is 174 Å². The number of aliphatic carboxylic acids is 1. The van der Waals surface area contributed by atoms with Gasteiger partial charge >= 0.3 is 5.97 Å². The van der Waals surface area contributed by atoms with Gasteiger partial charge in [0.2, 0.25) is 17.7 Å². The highest BCUT2D eigenvalue weighted by atomic mass is 32.2. The highest BCUT2D eigenvalue weighted by molar-refractivity contribution is 7.98. The van der Waals surface area contributed by atoms with E-state index in [4.69, 9.17) is 5.73 Å². The number of carboxylic acids is 1. The van der Waals surface area contributed by atoms with Crippen molar-refractivity contribution in [1.82, 2.24) is 16.0 Å². The summed E-state index contributed by atoms with van der Waals surface area (Å²) >= 11 is 1.47. The van der Waals surface area contributed by atoms with Crippen LogP contribution in [0.5, 0.6) is 0 Å². The number of nitrogens with two attached hydrogens (primary N) is 1. The van der Waals surface area contributed by atoms with Gasteiger partial charge in [-0.25, -0.2) is 4.79 Å². The predicted octanol–water partition coefficient (Wildman–Crippen LogP) is -0.500. The van der Waals surface area contributed by atoms with Gasteiger partial charge in [0.05, 0.1) is 6.54 Å². The molecule has 1 aromatic rings. The molecule has 0 fully saturated rings. The SMILES string of the molecule is CSCCC(NC(=O)C(C)NC(=O)C(Cc1ccccc1)NC(=O)CN)C(=O)O. The number of rotatable bonds is 12. The molecule has 1 aromatic carbocycles. The minimum atomic E-state index is -1.14. The average Bonchev–Trinajstić information content (AvgIpc) is 2.70. The Morgan fingerprint density at radius 2 is 1.69 bits per heavy atom. The van der Waals surface area contributed by atoms with Gasteiger partial charge in [-0.2, -0.15) is 11.8 Å². The third-order valence-electron chi connectivity index (χ3n) is 4.10. The van der Waals surface area contributed by atoms with E-state index < -0.39 is 41.8 Å². The van der Waals surface area contributed by atoms with E-state index in [1.165, 1.54) is 18.7 Å². The monoisotopic (exact) mass is 424 g/mol. The first-order valence-electron chi connectivity index (χ1n) is 9.14. The molecule has 0 saturated heterocycles. The van der Waals surface area contributed by atoms with Gasteiger partial charge in [0.25, 0.3) is 0 Å². The van der Waals surface area contributed by atoms with E-state index in [0.717, 1.165) is 5.56 Å². The molecule has 29 heavy (non-hydrogen) atoms. The van der Waals surface area contributed by atoms with Crippen LogP contribution in [-0.2, 0) is 25.6 Å². The van der Waals surface area contributed by atoms with Crippen molar-refractivity contribution >= 4 is 35.5 Å². The number of carbonyl (C=O) groups excluding carboxylic acids is 3. The lowest BCUT2D eigenvalue weighted by Gasteiger charge is -2.22. The molecule has 3 unspecified atom stereocenters. The summed E-state index contributed by atoms with van der Waals surface area (Å²) in [5.74, 6) is -2.24. The molecule has 0 aromatic heterocycles. The molecule has 0 aliphatic heterocycles. The Morgan fingerprint density at radius 3 is 2.24 bits per heavy atom. The van der Waals surface area contributed by atoms with Crippen molar-refractivity contribution in [2.45, 2.75) is 37.9 Å². The van der Waals surface area contributed by atoms with Crippen LogP contribution in [0, 0.1) is 0 Å². The maximum absolute atomic E-state index is 12.6. The minimum absolute atomic E-state index is 0.220. The van der Waals surface area contributed by atoms with E-state index in [2.05, 4.69) is 16.0 Å². The van der Waals surface area contributed by atoms with Crippen LogP contribution in [0.3, 0.4) is 0 Å². The van der Waals surface area contributed by atoms with E-state index in [-0.39, 0.29) is 19.4 Å². The van der Waals surface area contributed by atoms with Crippen LogP contribution in [0.4, 0.5) is 0 Å². The molecule has 9 nitrogen and oxygen atoms in total. The first kappa shape index (κ1) is 24.4. The predicted molar refractivity (Wildman–Crippen MR) is 111 cm³/mol. The first-order chi connectivity index (χ1) is 13.8. The highest BCUT2D eigenvalue weighted by Gasteiger charge is 2.27.